The molecule has 4 nitrogen and oxygen atoms in total. The highest BCUT2D eigenvalue weighted by Crippen LogP contribution is 2.36. The fourth-order valence-corrected chi connectivity index (χ4v) is 3.34. The van der Waals surface area contributed by atoms with Crippen molar-refractivity contribution in [3.63, 3.8) is 0 Å². The molecule has 2 atom stereocenters. The van der Waals surface area contributed by atoms with E-state index >= 15 is 0 Å². The van der Waals surface area contributed by atoms with Gasteiger partial charge in [-0.15, -0.1) is 11.8 Å². The van der Waals surface area contributed by atoms with Crippen LogP contribution >= 0.6 is 11.8 Å². The number of benzene rings is 1. The standard InChI is InChI=1S/C14H17NO3S/c1-2-5-10(14(17)18)15-13(16)12-8-9-6-3-4-7-11(9)19-12/h3-4,6-7,10,12H,2,5,8H2,1H3,(H,15,16)(H,17,18)/t10-,12?/m1/s1. The van der Waals surface area contributed by atoms with Crippen molar-refractivity contribution in [2.24, 2.45) is 0 Å². The van der Waals surface area contributed by atoms with Gasteiger partial charge in [0.25, 0.3) is 0 Å². The van der Waals surface area contributed by atoms with Crippen molar-refractivity contribution in [3.05, 3.63) is 29.8 Å². The molecule has 0 spiro atoms. The van der Waals surface area contributed by atoms with Crippen LogP contribution in [0.1, 0.15) is 25.3 Å². The van der Waals surface area contributed by atoms with E-state index in [1.54, 1.807) is 0 Å². The molecule has 0 radical (unpaired) electrons. The summed E-state index contributed by atoms with van der Waals surface area (Å²) >= 11 is 1.51. The van der Waals surface area contributed by atoms with Crippen molar-refractivity contribution in [3.8, 4) is 0 Å². The van der Waals surface area contributed by atoms with Gasteiger partial charge in [-0.25, -0.2) is 4.79 Å². The van der Waals surface area contributed by atoms with E-state index in [-0.39, 0.29) is 11.2 Å². The predicted molar refractivity (Wildman–Crippen MR) is 74.3 cm³/mol. The molecule has 0 saturated heterocycles. The quantitative estimate of drug-likeness (QED) is 0.866. The Morgan fingerprint density at radius 3 is 2.84 bits per heavy atom. The third-order valence-corrected chi connectivity index (χ3v) is 4.45. The molecule has 1 aromatic carbocycles. The van der Waals surface area contributed by atoms with E-state index in [4.69, 9.17) is 5.11 Å². The van der Waals surface area contributed by atoms with Crippen LogP contribution in [0.4, 0.5) is 0 Å². The number of carbonyl (C=O) groups excluding carboxylic acids is 1. The average Bonchev–Trinajstić information content (AvgIpc) is 2.81. The van der Waals surface area contributed by atoms with Gasteiger partial charge < -0.3 is 10.4 Å². The lowest BCUT2D eigenvalue weighted by Gasteiger charge is -2.16. The highest BCUT2D eigenvalue weighted by Gasteiger charge is 2.30. The molecule has 0 saturated carbocycles. The number of carbonyl (C=O) groups is 2. The maximum absolute atomic E-state index is 12.1. The van der Waals surface area contributed by atoms with Crippen LogP contribution < -0.4 is 5.32 Å². The summed E-state index contributed by atoms with van der Waals surface area (Å²) in [5, 5.41) is 11.5. The van der Waals surface area contributed by atoms with Gasteiger partial charge in [0.05, 0.1) is 5.25 Å². The van der Waals surface area contributed by atoms with Crippen molar-refractivity contribution in [1.29, 1.82) is 0 Å². The second-order valence-electron chi connectivity index (χ2n) is 4.61. The van der Waals surface area contributed by atoms with Gasteiger partial charge in [0.2, 0.25) is 5.91 Å². The fraction of sp³-hybridized carbons (Fsp3) is 0.429. The van der Waals surface area contributed by atoms with Crippen molar-refractivity contribution < 1.29 is 14.7 Å². The molecule has 1 unspecified atom stereocenters. The molecule has 1 aliphatic rings. The lowest BCUT2D eigenvalue weighted by Crippen LogP contribution is -2.44. The van der Waals surface area contributed by atoms with Crippen molar-refractivity contribution in [2.45, 2.75) is 42.4 Å². The zero-order valence-electron chi connectivity index (χ0n) is 10.8. The SMILES string of the molecule is CCC[C@@H](NC(=O)C1Cc2ccccc2S1)C(=O)O. The van der Waals surface area contributed by atoms with E-state index in [1.165, 1.54) is 11.8 Å². The summed E-state index contributed by atoms with van der Waals surface area (Å²) in [4.78, 5) is 24.3. The van der Waals surface area contributed by atoms with Crippen molar-refractivity contribution in [1.82, 2.24) is 5.32 Å². The summed E-state index contributed by atoms with van der Waals surface area (Å²) < 4.78 is 0. The highest BCUT2D eigenvalue weighted by molar-refractivity contribution is 8.01. The molecule has 1 heterocycles. The Balaban J connectivity index is 1.97. The van der Waals surface area contributed by atoms with Gasteiger partial charge in [0.15, 0.2) is 0 Å². The number of carboxylic acids is 1. The Hall–Kier alpha value is -1.49. The summed E-state index contributed by atoms with van der Waals surface area (Å²) in [7, 11) is 0. The Kier molecular flexibility index (Phi) is 4.47. The molecule has 5 heteroatoms. The average molecular weight is 279 g/mol. The number of amides is 1. The number of hydrogen-bond acceptors (Lipinski definition) is 3. The van der Waals surface area contributed by atoms with Gasteiger partial charge in [0, 0.05) is 4.90 Å². The molecule has 1 amide bonds. The largest absolute Gasteiger partial charge is 0.480 e. The predicted octanol–water partition coefficient (Wildman–Crippen LogP) is 2.07. The summed E-state index contributed by atoms with van der Waals surface area (Å²) in [6, 6.07) is 7.13. The van der Waals surface area contributed by atoms with Gasteiger partial charge in [-0.3, -0.25) is 4.79 Å². The minimum atomic E-state index is -0.962. The maximum Gasteiger partial charge on any atom is 0.326 e. The second-order valence-corrected chi connectivity index (χ2v) is 5.85. The lowest BCUT2D eigenvalue weighted by molar-refractivity contribution is -0.141. The van der Waals surface area contributed by atoms with Crippen LogP contribution in [0, 0.1) is 0 Å². The van der Waals surface area contributed by atoms with Crippen LogP contribution in [0.15, 0.2) is 29.2 Å². The molecule has 2 rings (SSSR count). The minimum Gasteiger partial charge on any atom is -0.480 e. The van der Waals surface area contributed by atoms with Crippen LogP contribution in [0.25, 0.3) is 0 Å². The van der Waals surface area contributed by atoms with Crippen LogP contribution in [-0.4, -0.2) is 28.3 Å². The van der Waals surface area contributed by atoms with E-state index in [9.17, 15) is 9.59 Å². The number of carboxylic acid groups (broad SMARTS) is 1. The molecule has 19 heavy (non-hydrogen) atoms. The number of aliphatic carboxylic acids is 1. The molecule has 1 aromatic rings. The smallest absolute Gasteiger partial charge is 0.326 e. The Morgan fingerprint density at radius 1 is 1.47 bits per heavy atom. The number of nitrogens with one attached hydrogen (secondary N) is 1. The van der Waals surface area contributed by atoms with Gasteiger partial charge >= 0.3 is 5.97 Å². The fourth-order valence-electron chi connectivity index (χ4n) is 2.14. The normalized spacial score (nSPS) is 18.7. The summed E-state index contributed by atoms with van der Waals surface area (Å²) in [5.74, 6) is -1.14. The molecule has 1 aliphatic heterocycles. The van der Waals surface area contributed by atoms with E-state index in [0.29, 0.717) is 12.8 Å². The Morgan fingerprint density at radius 2 is 2.21 bits per heavy atom. The van der Waals surface area contributed by atoms with Gasteiger partial charge in [-0.2, -0.15) is 0 Å². The van der Waals surface area contributed by atoms with Crippen molar-refractivity contribution >= 4 is 23.6 Å². The van der Waals surface area contributed by atoms with Gasteiger partial charge in [0.1, 0.15) is 6.04 Å². The first-order valence-corrected chi connectivity index (χ1v) is 7.27. The maximum atomic E-state index is 12.1. The van der Waals surface area contributed by atoms with Crippen LogP contribution in [-0.2, 0) is 16.0 Å². The number of hydrogen-bond donors (Lipinski definition) is 2. The summed E-state index contributed by atoms with van der Waals surface area (Å²) in [6.07, 6.45) is 1.87. The number of fused-ring (bicyclic) bond motifs is 1. The highest BCUT2D eigenvalue weighted by atomic mass is 32.2. The van der Waals surface area contributed by atoms with Crippen LogP contribution in [0.5, 0.6) is 0 Å². The third kappa shape index (κ3) is 3.29. The number of thioether (sulfide) groups is 1. The minimum absolute atomic E-state index is 0.179. The second kappa shape index (κ2) is 6.10. The first-order valence-electron chi connectivity index (χ1n) is 6.39. The van der Waals surface area contributed by atoms with Crippen LogP contribution in [0.3, 0.4) is 0 Å². The Labute approximate surface area is 116 Å². The van der Waals surface area contributed by atoms with Gasteiger partial charge in [-0.1, -0.05) is 31.5 Å². The lowest BCUT2D eigenvalue weighted by atomic mass is 10.1. The van der Waals surface area contributed by atoms with Crippen molar-refractivity contribution in [2.75, 3.05) is 0 Å². The molecule has 102 valence electrons. The molecule has 2 N–H and O–H groups in total. The molecule has 0 aromatic heterocycles. The zero-order chi connectivity index (χ0) is 13.8. The molecule has 0 bridgehead atoms. The van der Waals surface area contributed by atoms with E-state index in [2.05, 4.69) is 5.32 Å². The van der Waals surface area contributed by atoms with E-state index in [1.807, 2.05) is 31.2 Å². The number of rotatable bonds is 5. The first kappa shape index (κ1) is 13.9. The molecule has 0 fully saturated rings. The Bertz CT molecular complexity index is 464. The van der Waals surface area contributed by atoms with E-state index < -0.39 is 12.0 Å². The zero-order valence-corrected chi connectivity index (χ0v) is 11.6. The summed E-state index contributed by atoms with van der Waals surface area (Å²) in [6.45, 7) is 1.91. The van der Waals surface area contributed by atoms with Crippen LogP contribution in [0.2, 0.25) is 0 Å². The molecular formula is C14H17NO3S. The third-order valence-electron chi connectivity index (χ3n) is 3.13. The topological polar surface area (TPSA) is 66.4 Å². The molecular weight excluding hydrogens is 262 g/mol. The monoisotopic (exact) mass is 279 g/mol. The van der Waals surface area contributed by atoms with E-state index in [0.717, 1.165) is 16.9 Å². The molecule has 0 aliphatic carbocycles. The summed E-state index contributed by atoms with van der Waals surface area (Å²) in [5.41, 5.74) is 1.16. The first-order chi connectivity index (χ1) is 9.11. The van der Waals surface area contributed by atoms with Gasteiger partial charge in [-0.05, 0) is 24.5 Å².